The van der Waals surface area contributed by atoms with Crippen LogP contribution in [0, 0.1) is 0 Å². The minimum absolute atomic E-state index is 0.480. The first-order valence-corrected chi connectivity index (χ1v) is 11.1. The number of rotatable bonds is 6. The zero-order chi connectivity index (χ0) is 21.3. The maximum absolute atomic E-state index is 2.33. The summed E-state index contributed by atoms with van der Waals surface area (Å²) >= 11 is 0. The molecule has 0 amide bonds. The Morgan fingerprint density at radius 1 is 0.655 bits per heavy atom. The van der Waals surface area contributed by atoms with Crippen molar-refractivity contribution in [1.29, 1.82) is 0 Å². The van der Waals surface area contributed by atoms with Crippen LogP contribution in [0.1, 0.15) is 101 Å². The third-order valence-corrected chi connectivity index (χ3v) is 5.84. The Morgan fingerprint density at radius 3 is 1.48 bits per heavy atom. The Hall–Kier alpha value is -2.16. The maximum atomic E-state index is 2.33. The third kappa shape index (κ3) is 4.24. The first-order chi connectivity index (χ1) is 13.7. The van der Waals surface area contributed by atoms with Crippen molar-refractivity contribution in [3.8, 4) is 11.4 Å². The number of nitrogens with zero attached hydrogens (tertiary/aromatic N) is 2. The zero-order valence-electron chi connectivity index (χ0n) is 19.4. The van der Waals surface area contributed by atoms with Gasteiger partial charge in [-0.2, -0.15) is 0 Å². The molecule has 0 N–H and O–H groups in total. The van der Waals surface area contributed by atoms with E-state index in [1.54, 1.807) is 0 Å². The Labute approximate surface area is 177 Å². The Bertz CT molecular complexity index is 850. The molecule has 0 fully saturated rings. The van der Waals surface area contributed by atoms with Crippen molar-refractivity contribution in [3.05, 3.63) is 71.0 Å². The topological polar surface area (TPSA) is 8.81 Å². The monoisotopic (exact) mass is 387 g/mol. The fourth-order valence-electron chi connectivity index (χ4n) is 4.24. The van der Waals surface area contributed by atoms with Crippen LogP contribution in [0.5, 0.6) is 0 Å². The van der Waals surface area contributed by atoms with E-state index in [1.807, 2.05) is 0 Å². The van der Waals surface area contributed by atoms with Gasteiger partial charge in [0.15, 0.2) is 0 Å². The Balaban J connectivity index is 2.23. The molecule has 0 unspecified atom stereocenters. The summed E-state index contributed by atoms with van der Waals surface area (Å²) < 4.78 is 4.65. The molecule has 3 aromatic rings. The number of hydrogen-bond donors (Lipinski definition) is 0. The zero-order valence-corrected chi connectivity index (χ0v) is 19.4. The van der Waals surface area contributed by atoms with Crippen LogP contribution >= 0.6 is 0 Å². The number of benzene rings is 2. The van der Waals surface area contributed by atoms with E-state index < -0.39 is 0 Å². The summed E-state index contributed by atoms with van der Waals surface area (Å²) in [5.41, 5.74) is 8.29. The van der Waals surface area contributed by atoms with Gasteiger partial charge in [-0.3, -0.25) is 0 Å². The molecule has 0 aliphatic heterocycles. The Morgan fingerprint density at radius 2 is 1.07 bits per heavy atom. The number of para-hydroxylation sites is 2. The average molecular weight is 387 g/mol. The van der Waals surface area contributed by atoms with Gasteiger partial charge in [-0.15, -0.1) is 0 Å². The van der Waals surface area contributed by atoms with Crippen molar-refractivity contribution in [1.82, 2.24) is 4.47 Å². The molecule has 0 atom stereocenters. The van der Waals surface area contributed by atoms with Gasteiger partial charge >= 0.3 is 178 Å². The molecule has 0 radical (unpaired) electrons. The van der Waals surface area contributed by atoms with Crippen LogP contribution in [0.4, 0.5) is 0 Å². The van der Waals surface area contributed by atoms with Crippen molar-refractivity contribution in [2.45, 2.75) is 79.1 Å². The molecule has 29 heavy (non-hydrogen) atoms. The summed E-state index contributed by atoms with van der Waals surface area (Å²) in [6, 6.07) is 13.5. The van der Waals surface area contributed by atoms with Gasteiger partial charge in [-0.25, -0.2) is 0 Å². The minimum atomic E-state index is 0.480. The molecule has 0 saturated heterocycles. The van der Waals surface area contributed by atoms with Crippen molar-refractivity contribution in [2.75, 3.05) is 0 Å². The van der Waals surface area contributed by atoms with Crippen LogP contribution in [-0.4, -0.2) is 11.7 Å². The van der Waals surface area contributed by atoms with Crippen molar-refractivity contribution in [2.24, 2.45) is 0 Å². The first-order valence-electron chi connectivity index (χ1n) is 11.1. The molecule has 1 aromatic heterocycles. The van der Waals surface area contributed by atoms with Crippen molar-refractivity contribution < 1.29 is 4.47 Å². The predicted octanol–water partition coefficient (Wildman–Crippen LogP) is 6.59. The molecule has 2 aromatic carbocycles. The Kier molecular flexibility index (Phi) is 6.46. The average Bonchev–Trinajstić information content (AvgIpc) is 3.15. The molecule has 0 aliphatic carbocycles. The normalized spacial score (nSPS) is 11.9. The van der Waals surface area contributed by atoms with E-state index >= 15 is 0 Å². The van der Waals surface area contributed by atoms with Crippen molar-refractivity contribution in [3.63, 3.8) is 0 Å². The molecule has 0 aliphatic rings. The van der Waals surface area contributed by atoms with E-state index in [0.29, 0.717) is 23.7 Å². The summed E-state index contributed by atoms with van der Waals surface area (Å²) in [6.07, 6.45) is 4.43. The molecule has 3 heteroatoms. The molecule has 1 heterocycles. The summed E-state index contributed by atoms with van der Waals surface area (Å²) in [4.78, 5) is 0. The van der Waals surface area contributed by atoms with Gasteiger partial charge in [-0.1, -0.05) is 0 Å². The second-order valence-corrected chi connectivity index (χ2v) is 9.42. The van der Waals surface area contributed by atoms with Gasteiger partial charge in [-0.05, 0) is 0 Å². The molecule has 0 saturated carbocycles. The van der Waals surface area contributed by atoms with Crippen LogP contribution in [0.3, 0.4) is 0 Å². The SMILES string of the molecule is CC(C)c1cccc(C(C)C)c1-n1b[n+](-c2c(C(C)C)cccc2C(C)C)cc1. The molecule has 0 bridgehead atoms. The van der Waals surface area contributed by atoms with Crippen LogP contribution in [0.25, 0.3) is 11.4 Å². The van der Waals surface area contributed by atoms with Gasteiger partial charge in [0.2, 0.25) is 0 Å². The van der Waals surface area contributed by atoms with Crippen LogP contribution in [-0.2, 0) is 0 Å². The molecule has 2 nitrogen and oxygen atoms in total. The molecule has 0 spiro atoms. The molecule has 152 valence electrons. The van der Waals surface area contributed by atoms with E-state index in [-0.39, 0.29) is 0 Å². The second-order valence-electron chi connectivity index (χ2n) is 9.42. The van der Waals surface area contributed by atoms with E-state index in [4.69, 9.17) is 0 Å². The van der Waals surface area contributed by atoms with Gasteiger partial charge in [0, 0.05) is 0 Å². The van der Waals surface area contributed by atoms with E-state index in [2.05, 4.69) is 120 Å². The molecular formula is C26H36BN2+. The molecular weight excluding hydrogens is 351 g/mol. The van der Waals surface area contributed by atoms with Crippen LogP contribution in [0.15, 0.2) is 48.8 Å². The second kappa shape index (κ2) is 8.69. The number of hydrogen-bond acceptors (Lipinski definition) is 0. The summed E-state index contributed by atoms with van der Waals surface area (Å²) in [7, 11) is 2.26. The standard InChI is InChI=1S/C26H36BN2/c1-17(2)21-11-9-12-22(18(3)4)25(21)28-15-16-29(27-28)26-23(19(5)6)13-10-14-24(26)20(7)8/h9-20H,1-8H3/q+1. The first kappa shape index (κ1) is 21.6. The summed E-state index contributed by atoms with van der Waals surface area (Å²) in [5.74, 6) is 1.92. The van der Waals surface area contributed by atoms with Gasteiger partial charge in [0.25, 0.3) is 0 Å². The van der Waals surface area contributed by atoms with Gasteiger partial charge in [0.05, 0.1) is 0 Å². The molecule has 3 rings (SSSR count). The van der Waals surface area contributed by atoms with Gasteiger partial charge < -0.3 is 0 Å². The third-order valence-electron chi connectivity index (χ3n) is 5.84. The fourth-order valence-corrected chi connectivity index (χ4v) is 4.24. The number of aromatic nitrogens is 2. The van der Waals surface area contributed by atoms with Gasteiger partial charge in [0.1, 0.15) is 0 Å². The van der Waals surface area contributed by atoms with E-state index in [1.165, 1.54) is 33.6 Å². The van der Waals surface area contributed by atoms with E-state index in [0.717, 1.165) is 0 Å². The predicted molar refractivity (Wildman–Crippen MR) is 125 cm³/mol. The van der Waals surface area contributed by atoms with E-state index in [9.17, 15) is 0 Å². The van der Waals surface area contributed by atoms with Crippen LogP contribution in [0.2, 0.25) is 0 Å². The summed E-state index contributed by atoms with van der Waals surface area (Å²) in [6.45, 7) is 18.3. The quantitative estimate of drug-likeness (QED) is 0.451. The fraction of sp³-hybridized carbons (Fsp3) is 0.462. The van der Waals surface area contributed by atoms with Crippen molar-refractivity contribution >= 4 is 7.19 Å². The summed E-state index contributed by atoms with van der Waals surface area (Å²) in [5, 5.41) is 0. The van der Waals surface area contributed by atoms with Crippen LogP contribution < -0.4 is 4.47 Å².